The Bertz CT molecular complexity index is 1430. The number of benzene rings is 1. The van der Waals surface area contributed by atoms with Gasteiger partial charge in [0.1, 0.15) is 11.4 Å². The van der Waals surface area contributed by atoms with Crippen molar-refractivity contribution in [1.29, 1.82) is 0 Å². The molecule has 4 heterocycles. The summed E-state index contributed by atoms with van der Waals surface area (Å²) in [6.07, 6.45) is 4.57. The van der Waals surface area contributed by atoms with Gasteiger partial charge in [0, 0.05) is 13.1 Å². The van der Waals surface area contributed by atoms with E-state index in [1.807, 2.05) is 61.5 Å². The minimum Gasteiger partial charge on any atom is -0.474 e. The molecule has 1 aromatic carbocycles. The van der Waals surface area contributed by atoms with E-state index in [0.717, 1.165) is 55.0 Å². The quantitative estimate of drug-likeness (QED) is 0.299. The number of aryl methyl sites for hydroxylation is 2. The number of hydrogen-bond donors (Lipinski definition) is 0. The normalized spacial score (nSPS) is 13.4. The summed E-state index contributed by atoms with van der Waals surface area (Å²) in [5.41, 5.74) is 5.25. The minimum atomic E-state index is -0.122. The van der Waals surface area contributed by atoms with E-state index in [4.69, 9.17) is 14.7 Å². The van der Waals surface area contributed by atoms with Crippen LogP contribution in [0.4, 0.5) is 11.5 Å². The van der Waals surface area contributed by atoms with E-state index in [1.54, 1.807) is 0 Å². The van der Waals surface area contributed by atoms with Crippen molar-refractivity contribution < 1.29 is 9.53 Å². The van der Waals surface area contributed by atoms with Gasteiger partial charge in [0.15, 0.2) is 5.65 Å². The molecular weight excluding hydrogens is 475 g/mol. The number of aromatic nitrogens is 4. The zero-order valence-electron chi connectivity index (χ0n) is 22.9. The van der Waals surface area contributed by atoms with Crippen LogP contribution in [0.1, 0.15) is 54.0 Å². The fraction of sp³-hybridized carbons (Fsp3) is 0.379. The number of likely N-dealkylation sites (tertiary alicyclic amines) is 1. The van der Waals surface area contributed by atoms with E-state index in [2.05, 4.69) is 47.1 Å². The lowest BCUT2D eigenvalue weighted by molar-refractivity contribution is 0.0785. The van der Waals surface area contributed by atoms with Gasteiger partial charge in [0.25, 0.3) is 12.8 Å². The van der Waals surface area contributed by atoms with E-state index < -0.39 is 0 Å². The molecule has 0 atom stereocenters. The number of pyridine rings is 1. The Kier molecular flexibility index (Phi) is 7.36. The molecule has 0 aliphatic carbocycles. The highest BCUT2D eigenvalue weighted by molar-refractivity contribution is 6.63. The molecule has 0 radical (unpaired) electrons. The summed E-state index contributed by atoms with van der Waals surface area (Å²) in [6, 6.07) is 16.3. The van der Waals surface area contributed by atoms with E-state index in [9.17, 15) is 4.79 Å². The lowest BCUT2D eigenvalue weighted by atomic mass is 9.57. The first kappa shape index (κ1) is 25.8. The molecule has 0 spiro atoms. The summed E-state index contributed by atoms with van der Waals surface area (Å²) < 4.78 is 8.03. The van der Waals surface area contributed by atoms with Gasteiger partial charge in [-0.3, -0.25) is 4.79 Å². The fourth-order valence-corrected chi connectivity index (χ4v) is 5.12. The third kappa shape index (κ3) is 5.23. The van der Waals surface area contributed by atoms with Crippen LogP contribution in [0.5, 0.6) is 5.88 Å². The van der Waals surface area contributed by atoms with E-state index in [1.165, 1.54) is 5.56 Å². The second kappa shape index (κ2) is 10.9. The molecule has 3 aromatic heterocycles. The average Bonchev–Trinajstić information content (AvgIpc) is 3.55. The topological polar surface area (TPSA) is 75.9 Å². The average molecular weight is 510 g/mol. The smallest absolute Gasteiger partial charge is 0.263 e. The van der Waals surface area contributed by atoms with Gasteiger partial charge in [0.05, 0.1) is 29.4 Å². The van der Waals surface area contributed by atoms with Gasteiger partial charge < -0.3 is 14.4 Å². The van der Waals surface area contributed by atoms with Crippen molar-refractivity contribution >= 4 is 29.9 Å². The number of amides is 1. The standard InChI is InChI=1S/C29H35BN6O2/c1-20(2)38-28-24(29(37)34-15-9-10-16-34)13-14-26(32-28)35(30(5)18-23-11-7-6-8-12-23)25-17-21(3)33-36-22(4)19-31-27(25)36/h6-8,11-14,17,19-20H,9-10,15-16,18H2,1-5H3. The Morgan fingerprint density at radius 2 is 1.84 bits per heavy atom. The Morgan fingerprint density at radius 3 is 2.55 bits per heavy atom. The van der Waals surface area contributed by atoms with Crippen LogP contribution in [0.25, 0.3) is 5.65 Å². The Balaban J connectivity index is 1.64. The van der Waals surface area contributed by atoms with Crippen molar-refractivity contribution in [1.82, 2.24) is 24.5 Å². The van der Waals surface area contributed by atoms with Crippen LogP contribution in [-0.4, -0.2) is 56.4 Å². The van der Waals surface area contributed by atoms with Gasteiger partial charge in [-0.25, -0.2) is 9.50 Å². The molecule has 1 amide bonds. The summed E-state index contributed by atoms with van der Waals surface area (Å²) >= 11 is 0. The number of hydrogen-bond acceptors (Lipinski definition) is 6. The van der Waals surface area contributed by atoms with Crippen LogP contribution in [0, 0.1) is 13.8 Å². The van der Waals surface area contributed by atoms with Crippen molar-refractivity contribution in [3.05, 3.63) is 77.2 Å². The fourth-order valence-electron chi connectivity index (χ4n) is 5.12. The van der Waals surface area contributed by atoms with Gasteiger partial charge >= 0.3 is 0 Å². The van der Waals surface area contributed by atoms with Gasteiger partial charge in [-0.1, -0.05) is 42.7 Å². The van der Waals surface area contributed by atoms with Gasteiger partial charge in [0.2, 0.25) is 5.88 Å². The Hall–Kier alpha value is -3.88. The largest absolute Gasteiger partial charge is 0.474 e. The van der Waals surface area contributed by atoms with E-state index >= 15 is 0 Å². The third-order valence-corrected chi connectivity index (χ3v) is 6.88. The first-order valence-corrected chi connectivity index (χ1v) is 13.4. The molecule has 1 aliphatic rings. The molecule has 0 bridgehead atoms. The number of fused-ring (bicyclic) bond motifs is 1. The monoisotopic (exact) mass is 510 g/mol. The summed E-state index contributed by atoms with van der Waals surface area (Å²) in [4.78, 5) is 27.1. The molecule has 1 fully saturated rings. The van der Waals surface area contributed by atoms with Crippen LogP contribution < -0.4 is 9.55 Å². The minimum absolute atomic E-state index is 0.0212. The van der Waals surface area contributed by atoms with E-state index in [0.29, 0.717) is 17.3 Å². The van der Waals surface area contributed by atoms with Crippen LogP contribution in [0.2, 0.25) is 6.82 Å². The van der Waals surface area contributed by atoms with Crippen molar-refractivity contribution in [2.24, 2.45) is 0 Å². The number of carbonyl (C=O) groups excluding carboxylic acids is 1. The first-order valence-electron chi connectivity index (χ1n) is 13.4. The highest BCUT2D eigenvalue weighted by Gasteiger charge is 2.29. The SMILES string of the molecule is CB(Cc1ccccc1)N(c1ccc(C(=O)N2CCCC2)c(OC(C)C)n1)c1cc(C)nn2c(C)cnc12. The molecule has 0 saturated carbocycles. The number of carbonyl (C=O) groups is 1. The van der Waals surface area contributed by atoms with Crippen molar-refractivity contribution in [2.75, 3.05) is 17.9 Å². The predicted octanol–water partition coefficient (Wildman–Crippen LogP) is 5.31. The van der Waals surface area contributed by atoms with Gasteiger partial charge in [-0.2, -0.15) is 10.1 Å². The number of anilines is 2. The number of ether oxygens (including phenoxy) is 1. The molecular formula is C29H35BN6O2. The molecule has 38 heavy (non-hydrogen) atoms. The molecule has 8 nitrogen and oxygen atoms in total. The molecule has 196 valence electrons. The van der Waals surface area contributed by atoms with Crippen molar-refractivity contribution in [2.45, 2.75) is 59.8 Å². The lowest BCUT2D eigenvalue weighted by Gasteiger charge is -2.30. The molecule has 5 rings (SSSR count). The summed E-state index contributed by atoms with van der Waals surface area (Å²) in [5.74, 6) is 1.05. The summed E-state index contributed by atoms with van der Waals surface area (Å²) in [6.45, 7) is 11.7. The summed E-state index contributed by atoms with van der Waals surface area (Å²) in [5, 5.41) is 4.69. The summed E-state index contributed by atoms with van der Waals surface area (Å²) in [7, 11) is 0. The third-order valence-electron chi connectivity index (χ3n) is 6.88. The maximum absolute atomic E-state index is 13.4. The first-order chi connectivity index (χ1) is 18.3. The lowest BCUT2D eigenvalue weighted by Crippen LogP contribution is -2.37. The molecule has 0 unspecified atom stereocenters. The number of nitrogens with zero attached hydrogens (tertiary/aromatic N) is 6. The second-order valence-corrected chi connectivity index (χ2v) is 10.4. The van der Waals surface area contributed by atoms with Crippen molar-refractivity contribution in [3.8, 4) is 5.88 Å². The zero-order valence-corrected chi connectivity index (χ0v) is 22.9. The second-order valence-electron chi connectivity index (χ2n) is 10.4. The van der Waals surface area contributed by atoms with Crippen LogP contribution in [0.15, 0.2) is 54.7 Å². The maximum Gasteiger partial charge on any atom is 0.263 e. The highest BCUT2D eigenvalue weighted by atomic mass is 16.5. The molecule has 0 N–H and O–H groups in total. The van der Waals surface area contributed by atoms with Gasteiger partial charge in [-0.15, -0.1) is 0 Å². The highest BCUT2D eigenvalue weighted by Crippen LogP contribution is 2.33. The Morgan fingerprint density at radius 1 is 1.11 bits per heavy atom. The number of rotatable bonds is 8. The Labute approximate surface area is 224 Å². The maximum atomic E-state index is 13.4. The number of imidazole rings is 1. The predicted molar refractivity (Wildman–Crippen MR) is 152 cm³/mol. The molecule has 4 aromatic rings. The van der Waals surface area contributed by atoms with Crippen LogP contribution in [-0.2, 0) is 6.32 Å². The van der Waals surface area contributed by atoms with Crippen LogP contribution in [0.3, 0.4) is 0 Å². The molecule has 1 saturated heterocycles. The van der Waals surface area contributed by atoms with E-state index in [-0.39, 0.29) is 18.9 Å². The van der Waals surface area contributed by atoms with Gasteiger partial charge in [-0.05, 0) is 65.1 Å². The van der Waals surface area contributed by atoms with Crippen LogP contribution >= 0.6 is 0 Å². The van der Waals surface area contributed by atoms with Crippen molar-refractivity contribution in [3.63, 3.8) is 0 Å². The molecule has 9 heteroatoms. The zero-order chi connectivity index (χ0) is 26.8. The molecule has 1 aliphatic heterocycles.